The van der Waals surface area contributed by atoms with Gasteiger partial charge in [0.25, 0.3) is 5.91 Å². The van der Waals surface area contributed by atoms with Gasteiger partial charge in [0.15, 0.2) is 5.76 Å². The number of furan rings is 1. The van der Waals surface area contributed by atoms with Gasteiger partial charge in [0.2, 0.25) is 0 Å². The molecule has 2 N–H and O–H groups in total. The van der Waals surface area contributed by atoms with Crippen molar-refractivity contribution in [3.63, 3.8) is 0 Å². The molecule has 0 bridgehead atoms. The van der Waals surface area contributed by atoms with Crippen LogP contribution in [0.4, 0.5) is 0 Å². The zero-order valence-electron chi connectivity index (χ0n) is 13.1. The molecule has 3 rings (SSSR count). The van der Waals surface area contributed by atoms with Crippen molar-refractivity contribution in [3.05, 3.63) is 35.6 Å². The Balaban J connectivity index is 1.72. The number of nitrogens with one attached hydrogen (secondary N) is 1. The standard InChI is InChI=1S/C17H21NO5/c1-11-3-2-4-12-9-15(23-16(11)12)17(20)18-13-10-21-7-5-14(13)22-8-6-19/h2-4,9,13-14,19H,5-8,10H2,1H3,(H,18,20)/t13-,14+/m1/s1. The summed E-state index contributed by atoms with van der Waals surface area (Å²) in [6.07, 6.45) is 0.524. The Morgan fingerprint density at radius 2 is 2.35 bits per heavy atom. The lowest BCUT2D eigenvalue weighted by Crippen LogP contribution is -2.50. The first kappa shape index (κ1) is 16.0. The monoisotopic (exact) mass is 319 g/mol. The molecule has 1 amide bonds. The number of aliphatic hydroxyl groups excluding tert-OH is 1. The first-order valence-electron chi connectivity index (χ1n) is 7.79. The van der Waals surface area contributed by atoms with Gasteiger partial charge in [0.05, 0.1) is 32.0 Å². The molecule has 2 atom stereocenters. The smallest absolute Gasteiger partial charge is 0.287 e. The second kappa shape index (κ2) is 7.12. The lowest BCUT2D eigenvalue weighted by Gasteiger charge is -2.31. The van der Waals surface area contributed by atoms with Crippen molar-refractivity contribution in [3.8, 4) is 0 Å². The van der Waals surface area contributed by atoms with E-state index in [0.29, 0.717) is 19.6 Å². The van der Waals surface area contributed by atoms with E-state index >= 15 is 0 Å². The van der Waals surface area contributed by atoms with Crippen molar-refractivity contribution in [1.29, 1.82) is 0 Å². The SMILES string of the molecule is Cc1cccc2cc(C(=O)N[C@@H]3COCC[C@@H]3OCCO)oc12. The highest BCUT2D eigenvalue weighted by atomic mass is 16.5. The van der Waals surface area contributed by atoms with Gasteiger partial charge in [-0.25, -0.2) is 0 Å². The maximum atomic E-state index is 12.4. The van der Waals surface area contributed by atoms with Gasteiger partial charge in [-0.05, 0) is 25.0 Å². The Bertz CT molecular complexity index is 681. The minimum absolute atomic E-state index is 0.0408. The Morgan fingerprint density at radius 3 is 3.13 bits per heavy atom. The number of carbonyl (C=O) groups excluding carboxylic acids is 1. The van der Waals surface area contributed by atoms with Crippen molar-refractivity contribution in [2.24, 2.45) is 0 Å². The van der Waals surface area contributed by atoms with Crippen LogP contribution in [-0.4, -0.2) is 49.6 Å². The van der Waals surface area contributed by atoms with Gasteiger partial charge in [0.1, 0.15) is 5.58 Å². The number of rotatable bonds is 5. The van der Waals surface area contributed by atoms with E-state index in [1.165, 1.54) is 0 Å². The quantitative estimate of drug-likeness (QED) is 0.875. The molecule has 6 heteroatoms. The fraction of sp³-hybridized carbons (Fsp3) is 0.471. The molecule has 1 aliphatic rings. The first-order valence-corrected chi connectivity index (χ1v) is 7.79. The zero-order valence-corrected chi connectivity index (χ0v) is 13.1. The summed E-state index contributed by atoms with van der Waals surface area (Å²) in [5.41, 5.74) is 1.72. The molecule has 0 unspecified atom stereocenters. The molecule has 124 valence electrons. The van der Waals surface area contributed by atoms with Crippen LogP contribution in [0.5, 0.6) is 0 Å². The number of carbonyl (C=O) groups is 1. The molecule has 0 spiro atoms. The highest BCUT2D eigenvalue weighted by Gasteiger charge is 2.29. The molecule has 1 saturated heterocycles. The molecule has 2 heterocycles. The summed E-state index contributed by atoms with van der Waals surface area (Å²) >= 11 is 0. The third kappa shape index (κ3) is 3.55. The van der Waals surface area contributed by atoms with E-state index in [4.69, 9.17) is 19.0 Å². The van der Waals surface area contributed by atoms with Crippen LogP contribution in [0, 0.1) is 6.92 Å². The van der Waals surface area contributed by atoms with E-state index in [2.05, 4.69) is 5.32 Å². The van der Waals surface area contributed by atoms with Crippen LogP contribution in [0.1, 0.15) is 22.5 Å². The summed E-state index contributed by atoms with van der Waals surface area (Å²) in [6, 6.07) is 7.28. The van der Waals surface area contributed by atoms with Crippen LogP contribution in [0.25, 0.3) is 11.0 Å². The molecule has 1 aromatic carbocycles. The third-order valence-corrected chi connectivity index (χ3v) is 4.00. The van der Waals surface area contributed by atoms with Crippen LogP contribution in [0.2, 0.25) is 0 Å². The molecular weight excluding hydrogens is 298 g/mol. The molecule has 1 aromatic heterocycles. The van der Waals surface area contributed by atoms with Gasteiger partial charge in [-0.15, -0.1) is 0 Å². The molecule has 0 radical (unpaired) electrons. The number of hydrogen-bond acceptors (Lipinski definition) is 5. The van der Waals surface area contributed by atoms with Gasteiger partial charge in [0, 0.05) is 12.0 Å². The average Bonchev–Trinajstić information content (AvgIpc) is 3.00. The average molecular weight is 319 g/mol. The van der Waals surface area contributed by atoms with E-state index in [0.717, 1.165) is 16.5 Å². The number of aliphatic hydroxyl groups is 1. The summed E-state index contributed by atoms with van der Waals surface area (Å²) in [5, 5.41) is 12.7. The molecule has 0 saturated carbocycles. The summed E-state index contributed by atoms with van der Waals surface area (Å²) in [7, 11) is 0. The molecule has 23 heavy (non-hydrogen) atoms. The Morgan fingerprint density at radius 1 is 1.48 bits per heavy atom. The highest BCUT2D eigenvalue weighted by molar-refractivity contribution is 5.96. The van der Waals surface area contributed by atoms with Gasteiger partial charge >= 0.3 is 0 Å². The maximum absolute atomic E-state index is 12.4. The number of amides is 1. The predicted octanol–water partition coefficient (Wildman–Crippen LogP) is 1.64. The van der Waals surface area contributed by atoms with Crippen molar-refractivity contribution in [1.82, 2.24) is 5.32 Å². The van der Waals surface area contributed by atoms with Crippen molar-refractivity contribution >= 4 is 16.9 Å². The Kier molecular flexibility index (Phi) is 4.95. The molecular formula is C17H21NO5. The van der Waals surface area contributed by atoms with Crippen LogP contribution in [0.3, 0.4) is 0 Å². The van der Waals surface area contributed by atoms with Gasteiger partial charge in [-0.3, -0.25) is 4.79 Å². The van der Waals surface area contributed by atoms with Crippen molar-refractivity contribution in [2.45, 2.75) is 25.5 Å². The van der Waals surface area contributed by atoms with Crippen LogP contribution < -0.4 is 5.32 Å². The molecule has 1 fully saturated rings. The number of aryl methyl sites for hydroxylation is 1. The fourth-order valence-electron chi connectivity index (χ4n) is 2.82. The van der Waals surface area contributed by atoms with Crippen molar-refractivity contribution in [2.75, 3.05) is 26.4 Å². The van der Waals surface area contributed by atoms with E-state index in [1.54, 1.807) is 6.07 Å². The number of hydrogen-bond donors (Lipinski definition) is 2. The first-order chi connectivity index (χ1) is 11.2. The van der Waals surface area contributed by atoms with E-state index in [1.807, 2.05) is 25.1 Å². The minimum atomic E-state index is -0.284. The molecule has 1 aliphatic heterocycles. The van der Waals surface area contributed by atoms with Crippen molar-refractivity contribution < 1.29 is 23.8 Å². The summed E-state index contributed by atoms with van der Waals surface area (Å²) in [6.45, 7) is 3.14. The predicted molar refractivity (Wildman–Crippen MR) is 84.5 cm³/mol. The van der Waals surface area contributed by atoms with Gasteiger partial charge < -0.3 is 24.3 Å². The minimum Gasteiger partial charge on any atom is -0.451 e. The lowest BCUT2D eigenvalue weighted by atomic mass is 10.1. The topological polar surface area (TPSA) is 80.9 Å². The van der Waals surface area contributed by atoms with Crippen LogP contribution >= 0.6 is 0 Å². The zero-order chi connectivity index (χ0) is 16.2. The Hall–Kier alpha value is -1.89. The fourth-order valence-corrected chi connectivity index (χ4v) is 2.82. The van der Waals surface area contributed by atoms with Gasteiger partial charge in [-0.2, -0.15) is 0 Å². The van der Waals surface area contributed by atoms with Gasteiger partial charge in [-0.1, -0.05) is 18.2 Å². The highest BCUT2D eigenvalue weighted by Crippen LogP contribution is 2.23. The van der Waals surface area contributed by atoms with E-state index in [9.17, 15) is 4.79 Å². The summed E-state index contributed by atoms with van der Waals surface area (Å²) in [4.78, 5) is 12.4. The summed E-state index contributed by atoms with van der Waals surface area (Å²) in [5.74, 6) is -0.00511. The van der Waals surface area contributed by atoms with Crippen LogP contribution in [-0.2, 0) is 9.47 Å². The number of benzene rings is 1. The van der Waals surface area contributed by atoms with E-state index in [-0.39, 0.29) is 37.0 Å². The Labute approximate surface area is 134 Å². The second-order valence-electron chi connectivity index (χ2n) is 5.68. The largest absolute Gasteiger partial charge is 0.451 e. The van der Waals surface area contributed by atoms with Crippen LogP contribution in [0.15, 0.2) is 28.7 Å². The normalized spacial score (nSPS) is 21.5. The number of ether oxygens (including phenoxy) is 2. The molecule has 0 aliphatic carbocycles. The lowest BCUT2D eigenvalue weighted by molar-refractivity contribution is -0.0613. The second-order valence-corrected chi connectivity index (χ2v) is 5.68. The maximum Gasteiger partial charge on any atom is 0.287 e. The molecule has 6 nitrogen and oxygen atoms in total. The number of para-hydroxylation sites is 1. The number of fused-ring (bicyclic) bond motifs is 1. The third-order valence-electron chi connectivity index (χ3n) is 4.00. The van der Waals surface area contributed by atoms with E-state index < -0.39 is 0 Å². The summed E-state index contributed by atoms with van der Waals surface area (Å²) < 4.78 is 16.7. The molecule has 2 aromatic rings.